The molecule has 0 amide bonds. The summed E-state index contributed by atoms with van der Waals surface area (Å²) in [5.74, 6) is 0.509. The molecule has 0 rings (SSSR count). The Hall–Kier alpha value is 2.24. The van der Waals surface area contributed by atoms with Gasteiger partial charge in [0, 0.05) is 0 Å². The van der Waals surface area contributed by atoms with E-state index in [1.54, 1.807) is 7.11 Å². The summed E-state index contributed by atoms with van der Waals surface area (Å²) in [7, 11) is 1.58. The van der Waals surface area contributed by atoms with E-state index in [2.05, 4.69) is 90.7 Å². The van der Waals surface area contributed by atoms with Gasteiger partial charge in [-0.15, -0.1) is 0 Å². The van der Waals surface area contributed by atoms with Gasteiger partial charge in [-0.1, -0.05) is 25.9 Å². The normalized spacial score (nSPS) is 11.3. The Bertz CT molecular complexity index is 139. The molecule has 80 valence electrons. The summed E-state index contributed by atoms with van der Waals surface area (Å²) in [4.78, 5) is 4.37. The molecule has 0 atom stereocenters. The Balaban J connectivity index is 0. The molecule has 0 aliphatic heterocycles. The second-order valence-corrected chi connectivity index (χ2v) is 37.8. The van der Waals surface area contributed by atoms with Crippen LogP contribution < -0.4 is 0 Å². The van der Waals surface area contributed by atoms with E-state index < -0.39 is 0 Å². The zero-order valence-electron chi connectivity index (χ0n) is 8.22. The minimum absolute atomic E-state index is 0.278. The molecule has 0 radical (unpaired) electrons. The van der Waals surface area contributed by atoms with Crippen molar-refractivity contribution in [1.29, 1.82) is 0 Å². The van der Waals surface area contributed by atoms with Crippen LogP contribution in [-0.4, -0.2) is 12.8 Å². The number of nitrogens with zero attached hydrogens (tertiary/aromatic N) is 1. The molecule has 0 N–H and O–H groups in total. The predicted octanol–water partition coefficient (Wildman–Crippen LogP) is 4.71. The van der Waals surface area contributed by atoms with Gasteiger partial charge >= 0.3 is 64.9 Å². The molecule has 0 heterocycles. The van der Waals surface area contributed by atoms with Crippen molar-refractivity contribution in [2.45, 2.75) is 27.2 Å². The molecular weight excluding hydrogens is 546 g/mol. The fourth-order valence-electron chi connectivity index (χ4n) is 0.695. The summed E-state index contributed by atoms with van der Waals surface area (Å²) in [5.41, 5.74) is 1.12. The summed E-state index contributed by atoms with van der Waals surface area (Å²) in [6.07, 6.45) is 0.978. The molecule has 0 aromatic carbocycles. The predicted molar refractivity (Wildman–Crippen MR) is 81.6 cm³/mol. The number of rotatable bonds is 3. The fourth-order valence-corrected chi connectivity index (χ4v) is 0.695. The van der Waals surface area contributed by atoms with Crippen molar-refractivity contribution in [3.05, 3.63) is 0 Å². The zero-order chi connectivity index (χ0) is 10.9. The molecule has 0 saturated carbocycles. The molecule has 0 fully saturated rings. The SMILES string of the molecule is CCC(=NOC)C(C)C.[I][V]([I])[I]. The van der Waals surface area contributed by atoms with Crippen LogP contribution in [0.25, 0.3) is 0 Å². The van der Waals surface area contributed by atoms with Gasteiger partial charge in [-0.25, -0.2) is 0 Å². The first-order valence-corrected chi connectivity index (χ1v) is 17.3. The quantitative estimate of drug-likeness (QED) is 0.278. The van der Waals surface area contributed by atoms with E-state index in [9.17, 15) is 0 Å². The number of halogens is 3. The molecule has 0 aromatic rings. The Labute approximate surface area is 119 Å². The van der Waals surface area contributed by atoms with E-state index in [1.165, 1.54) is 0 Å². The number of hydrogen-bond acceptors (Lipinski definition) is 2. The van der Waals surface area contributed by atoms with Gasteiger partial charge in [-0.2, -0.15) is 0 Å². The average molecular weight is 561 g/mol. The molecule has 0 aromatic heterocycles. The molecule has 6 heteroatoms. The van der Waals surface area contributed by atoms with Crippen molar-refractivity contribution < 1.29 is 9.76 Å². The van der Waals surface area contributed by atoms with Crippen LogP contribution in [0.15, 0.2) is 5.16 Å². The summed E-state index contributed by atoms with van der Waals surface area (Å²) < 4.78 is 0. The third-order valence-corrected chi connectivity index (χ3v) is 1.24. The van der Waals surface area contributed by atoms with Crippen LogP contribution in [0.5, 0.6) is 0 Å². The molecule has 0 aliphatic rings. The van der Waals surface area contributed by atoms with E-state index in [4.69, 9.17) is 0 Å². The van der Waals surface area contributed by atoms with E-state index >= 15 is 0 Å². The van der Waals surface area contributed by atoms with Crippen LogP contribution >= 0.6 is 59.9 Å². The molecule has 0 unspecified atom stereocenters. The van der Waals surface area contributed by atoms with Crippen molar-refractivity contribution in [1.82, 2.24) is 0 Å². The number of hydrogen-bond donors (Lipinski definition) is 0. The summed E-state index contributed by atoms with van der Waals surface area (Å²) in [6.45, 7) is 6.31. The number of oxime groups is 1. The van der Waals surface area contributed by atoms with Gasteiger partial charge in [-0.05, 0) is 12.3 Å². The first kappa shape index (κ1) is 17.6. The Kier molecular flexibility index (Phi) is 16.7. The third-order valence-electron chi connectivity index (χ3n) is 1.24. The third kappa shape index (κ3) is 16.9. The Morgan fingerprint density at radius 3 is 1.85 bits per heavy atom. The van der Waals surface area contributed by atoms with Crippen molar-refractivity contribution in [2.24, 2.45) is 11.1 Å². The van der Waals surface area contributed by atoms with Crippen LogP contribution in [-0.2, 0) is 9.76 Å². The zero-order valence-corrected chi connectivity index (χ0v) is 16.1. The standard InChI is InChI=1S/C7H15NO.3HI.V/c1-5-7(6(2)3)8-9-4;;;;/h6H,5H2,1-4H3;3*1H;/q;;;;+3/p-3. The van der Waals surface area contributed by atoms with Crippen molar-refractivity contribution in [3.63, 3.8) is 0 Å². The van der Waals surface area contributed by atoms with Crippen LogP contribution in [0.1, 0.15) is 27.2 Å². The summed E-state index contributed by atoms with van der Waals surface area (Å²) in [6, 6.07) is 0. The summed E-state index contributed by atoms with van der Waals surface area (Å²) in [5, 5.41) is 3.86. The van der Waals surface area contributed by atoms with E-state index in [0.29, 0.717) is 5.92 Å². The summed E-state index contributed by atoms with van der Waals surface area (Å²) >= 11 is 7.39. The Morgan fingerprint density at radius 2 is 1.77 bits per heavy atom. The molecule has 13 heavy (non-hydrogen) atoms. The molecule has 0 aliphatic carbocycles. The van der Waals surface area contributed by atoms with E-state index in [0.717, 1.165) is 12.1 Å². The first-order chi connectivity index (χ1) is 5.95. The molecular formula is C7H15I3NOV. The average Bonchev–Trinajstić information content (AvgIpc) is 1.98. The van der Waals surface area contributed by atoms with Gasteiger partial charge in [0.25, 0.3) is 0 Å². The van der Waals surface area contributed by atoms with Crippen LogP contribution in [0.2, 0.25) is 0 Å². The van der Waals surface area contributed by atoms with Crippen molar-refractivity contribution >= 4 is 65.6 Å². The van der Waals surface area contributed by atoms with Gasteiger partial charge < -0.3 is 4.84 Å². The fraction of sp³-hybridized carbons (Fsp3) is 0.857. The monoisotopic (exact) mass is 561 g/mol. The van der Waals surface area contributed by atoms with Gasteiger partial charge in [0.1, 0.15) is 7.11 Å². The maximum absolute atomic E-state index is 4.64. The van der Waals surface area contributed by atoms with E-state index in [1.807, 2.05) is 0 Å². The molecule has 0 spiro atoms. The van der Waals surface area contributed by atoms with E-state index in [-0.39, 0.29) is 4.92 Å². The van der Waals surface area contributed by atoms with Gasteiger partial charge in [0.15, 0.2) is 0 Å². The first-order valence-electron chi connectivity index (χ1n) is 3.83. The second-order valence-electron chi connectivity index (χ2n) is 2.47. The van der Waals surface area contributed by atoms with Gasteiger partial charge in [0.2, 0.25) is 0 Å². The molecule has 2 nitrogen and oxygen atoms in total. The van der Waals surface area contributed by atoms with Crippen molar-refractivity contribution in [2.75, 3.05) is 7.11 Å². The topological polar surface area (TPSA) is 21.6 Å². The van der Waals surface area contributed by atoms with Gasteiger partial charge in [0.05, 0.1) is 5.71 Å². The Morgan fingerprint density at radius 1 is 1.38 bits per heavy atom. The van der Waals surface area contributed by atoms with Crippen LogP contribution in [0.3, 0.4) is 0 Å². The van der Waals surface area contributed by atoms with Crippen LogP contribution in [0, 0.1) is 5.92 Å². The van der Waals surface area contributed by atoms with Gasteiger partial charge in [-0.3, -0.25) is 0 Å². The van der Waals surface area contributed by atoms with Crippen molar-refractivity contribution in [3.8, 4) is 0 Å². The van der Waals surface area contributed by atoms with Crippen LogP contribution in [0.4, 0.5) is 0 Å². The minimum atomic E-state index is -0.278. The molecule has 0 saturated heterocycles. The molecule has 0 bridgehead atoms. The maximum atomic E-state index is 4.64. The second kappa shape index (κ2) is 12.3.